The quantitative estimate of drug-likeness (QED) is 0.723. The van der Waals surface area contributed by atoms with Crippen LogP contribution in [0.1, 0.15) is 31.2 Å². The molecule has 0 bridgehead atoms. The number of nitrogens with one attached hydrogen (secondary N) is 1. The van der Waals surface area contributed by atoms with Crippen molar-refractivity contribution < 1.29 is 4.74 Å². The van der Waals surface area contributed by atoms with Gasteiger partial charge in [-0.15, -0.1) is 0 Å². The summed E-state index contributed by atoms with van der Waals surface area (Å²) in [5.41, 5.74) is 2.39. The molecular formula is C15H27BrN4O. The maximum atomic E-state index is 5.08. The first-order chi connectivity index (χ1) is 10.2. The molecule has 0 amide bonds. The van der Waals surface area contributed by atoms with E-state index < -0.39 is 0 Å². The van der Waals surface area contributed by atoms with Crippen molar-refractivity contribution in [2.75, 3.05) is 33.4 Å². The van der Waals surface area contributed by atoms with Gasteiger partial charge in [-0.2, -0.15) is 5.10 Å². The lowest BCUT2D eigenvalue weighted by atomic mass is 10.2. The predicted octanol–water partition coefficient (Wildman–Crippen LogP) is 2.17. The standard InChI is InChI=1S/C15H27BrN4O/c1-4-20-14(15(16)12(2)18-20)11-19-8-5-6-13(19)10-17-7-9-21-3/h13,17H,4-11H2,1-3H3. The van der Waals surface area contributed by atoms with Gasteiger partial charge in [0.2, 0.25) is 0 Å². The number of aryl methyl sites for hydroxylation is 2. The Labute approximate surface area is 136 Å². The molecule has 1 atom stereocenters. The molecule has 1 fully saturated rings. The molecule has 2 rings (SSSR count). The molecule has 21 heavy (non-hydrogen) atoms. The first-order valence-corrected chi connectivity index (χ1v) is 8.62. The second-order valence-electron chi connectivity index (χ2n) is 5.63. The average Bonchev–Trinajstić information content (AvgIpc) is 3.03. The number of halogens is 1. The molecule has 6 heteroatoms. The van der Waals surface area contributed by atoms with Crippen LogP contribution in [0.2, 0.25) is 0 Å². The van der Waals surface area contributed by atoms with Crippen molar-refractivity contribution >= 4 is 15.9 Å². The van der Waals surface area contributed by atoms with Gasteiger partial charge < -0.3 is 10.1 Å². The molecule has 1 aromatic rings. The fourth-order valence-electron chi connectivity index (χ4n) is 2.99. The number of hydrogen-bond acceptors (Lipinski definition) is 4. The second kappa shape index (κ2) is 8.27. The van der Waals surface area contributed by atoms with Crippen molar-refractivity contribution in [3.63, 3.8) is 0 Å². The number of aromatic nitrogens is 2. The normalized spacial score (nSPS) is 19.5. The highest BCUT2D eigenvalue weighted by molar-refractivity contribution is 9.10. The Morgan fingerprint density at radius 1 is 1.48 bits per heavy atom. The van der Waals surface area contributed by atoms with E-state index in [1.807, 2.05) is 0 Å². The van der Waals surface area contributed by atoms with E-state index in [9.17, 15) is 0 Å². The molecule has 0 radical (unpaired) electrons. The molecule has 0 aliphatic carbocycles. The fraction of sp³-hybridized carbons (Fsp3) is 0.800. The third-order valence-electron chi connectivity index (χ3n) is 4.17. The Morgan fingerprint density at radius 3 is 3.00 bits per heavy atom. The van der Waals surface area contributed by atoms with Gasteiger partial charge in [-0.05, 0) is 49.2 Å². The summed E-state index contributed by atoms with van der Waals surface area (Å²) in [5.74, 6) is 0. The van der Waals surface area contributed by atoms with Gasteiger partial charge in [0.25, 0.3) is 0 Å². The topological polar surface area (TPSA) is 42.3 Å². The van der Waals surface area contributed by atoms with Gasteiger partial charge in [-0.25, -0.2) is 0 Å². The van der Waals surface area contributed by atoms with Gasteiger partial charge in [0.05, 0.1) is 22.5 Å². The molecule has 5 nitrogen and oxygen atoms in total. The molecule has 1 N–H and O–H groups in total. The largest absolute Gasteiger partial charge is 0.383 e. The van der Waals surface area contributed by atoms with E-state index >= 15 is 0 Å². The molecule has 1 aromatic heterocycles. The van der Waals surface area contributed by atoms with Crippen LogP contribution in [0.25, 0.3) is 0 Å². The van der Waals surface area contributed by atoms with E-state index in [1.54, 1.807) is 7.11 Å². The number of ether oxygens (including phenoxy) is 1. The number of likely N-dealkylation sites (tertiary alicyclic amines) is 1. The summed E-state index contributed by atoms with van der Waals surface area (Å²) in [4.78, 5) is 2.58. The average molecular weight is 359 g/mol. The van der Waals surface area contributed by atoms with Crippen molar-refractivity contribution in [3.05, 3.63) is 15.9 Å². The minimum atomic E-state index is 0.620. The highest BCUT2D eigenvalue weighted by atomic mass is 79.9. The third-order valence-corrected chi connectivity index (χ3v) is 5.20. The van der Waals surface area contributed by atoms with Crippen LogP contribution >= 0.6 is 15.9 Å². The van der Waals surface area contributed by atoms with Crippen LogP contribution in [0, 0.1) is 6.92 Å². The first kappa shape index (κ1) is 16.9. The van der Waals surface area contributed by atoms with Gasteiger partial charge in [-0.3, -0.25) is 9.58 Å². The number of rotatable bonds is 8. The van der Waals surface area contributed by atoms with E-state index in [0.29, 0.717) is 6.04 Å². The predicted molar refractivity (Wildman–Crippen MR) is 88.5 cm³/mol. The van der Waals surface area contributed by atoms with Crippen molar-refractivity contribution in [1.29, 1.82) is 0 Å². The lowest BCUT2D eigenvalue weighted by Gasteiger charge is -2.25. The monoisotopic (exact) mass is 358 g/mol. The van der Waals surface area contributed by atoms with Crippen molar-refractivity contribution in [1.82, 2.24) is 20.0 Å². The van der Waals surface area contributed by atoms with Gasteiger partial charge in [-0.1, -0.05) is 0 Å². The summed E-state index contributed by atoms with van der Waals surface area (Å²) in [7, 11) is 1.75. The maximum absolute atomic E-state index is 5.08. The Kier molecular flexibility index (Phi) is 6.67. The molecule has 1 saturated heterocycles. The Balaban J connectivity index is 1.95. The van der Waals surface area contributed by atoms with Gasteiger partial charge in [0.15, 0.2) is 0 Å². The van der Waals surface area contributed by atoms with E-state index in [1.165, 1.54) is 29.6 Å². The zero-order valence-corrected chi connectivity index (χ0v) is 14.9. The Bertz CT molecular complexity index is 449. The third kappa shape index (κ3) is 4.28. The number of hydrogen-bond donors (Lipinski definition) is 1. The molecule has 1 aliphatic heterocycles. The fourth-order valence-corrected chi connectivity index (χ4v) is 3.40. The smallest absolute Gasteiger partial charge is 0.0739 e. The van der Waals surface area contributed by atoms with Crippen LogP contribution in [0.4, 0.5) is 0 Å². The summed E-state index contributed by atoms with van der Waals surface area (Å²) >= 11 is 3.70. The lowest BCUT2D eigenvalue weighted by molar-refractivity contribution is 0.190. The molecule has 0 aromatic carbocycles. The van der Waals surface area contributed by atoms with Gasteiger partial charge in [0.1, 0.15) is 0 Å². The van der Waals surface area contributed by atoms with Crippen molar-refractivity contribution in [3.8, 4) is 0 Å². The lowest BCUT2D eigenvalue weighted by Crippen LogP contribution is -2.39. The van der Waals surface area contributed by atoms with E-state index in [-0.39, 0.29) is 0 Å². The molecule has 1 aliphatic rings. The molecule has 0 spiro atoms. The zero-order valence-electron chi connectivity index (χ0n) is 13.4. The summed E-state index contributed by atoms with van der Waals surface area (Å²) in [6.45, 7) is 10.0. The molecule has 1 unspecified atom stereocenters. The number of nitrogens with zero attached hydrogens (tertiary/aromatic N) is 3. The molecule has 0 saturated carbocycles. The highest BCUT2D eigenvalue weighted by Crippen LogP contribution is 2.26. The summed E-state index contributed by atoms with van der Waals surface area (Å²) in [6, 6.07) is 0.620. The van der Waals surface area contributed by atoms with Crippen molar-refractivity contribution in [2.24, 2.45) is 0 Å². The molecule has 120 valence electrons. The van der Waals surface area contributed by atoms with E-state index in [4.69, 9.17) is 4.74 Å². The zero-order chi connectivity index (χ0) is 15.2. The second-order valence-corrected chi connectivity index (χ2v) is 6.42. The van der Waals surface area contributed by atoms with Crippen LogP contribution < -0.4 is 5.32 Å². The van der Waals surface area contributed by atoms with Crippen LogP contribution in [-0.4, -0.2) is 54.1 Å². The highest BCUT2D eigenvalue weighted by Gasteiger charge is 2.26. The number of methoxy groups -OCH3 is 1. The van der Waals surface area contributed by atoms with Crippen LogP contribution in [-0.2, 0) is 17.8 Å². The minimum absolute atomic E-state index is 0.620. The Hall–Kier alpha value is -0.430. The maximum Gasteiger partial charge on any atom is 0.0739 e. The molecular weight excluding hydrogens is 332 g/mol. The summed E-state index contributed by atoms with van der Waals surface area (Å²) in [5, 5.41) is 8.08. The summed E-state index contributed by atoms with van der Waals surface area (Å²) < 4.78 is 8.37. The SMILES string of the molecule is CCn1nc(C)c(Br)c1CN1CCCC1CNCCOC. The van der Waals surface area contributed by atoms with Crippen LogP contribution in [0.3, 0.4) is 0 Å². The first-order valence-electron chi connectivity index (χ1n) is 7.82. The molecule has 2 heterocycles. The van der Waals surface area contributed by atoms with Gasteiger partial charge in [0, 0.05) is 39.3 Å². The van der Waals surface area contributed by atoms with E-state index in [0.717, 1.165) is 38.5 Å². The van der Waals surface area contributed by atoms with E-state index in [2.05, 4.69) is 49.8 Å². The summed E-state index contributed by atoms with van der Waals surface area (Å²) in [6.07, 6.45) is 2.56. The van der Waals surface area contributed by atoms with Crippen molar-refractivity contribution in [2.45, 2.75) is 45.8 Å². The van der Waals surface area contributed by atoms with Crippen LogP contribution in [0.15, 0.2) is 4.47 Å². The van der Waals surface area contributed by atoms with Crippen LogP contribution in [0.5, 0.6) is 0 Å². The Morgan fingerprint density at radius 2 is 2.29 bits per heavy atom. The van der Waals surface area contributed by atoms with Gasteiger partial charge >= 0.3 is 0 Å². The minimum Gasteiger partial charge on any atom is -0.383 e.